The molecule has 1 aliphatic carbocycles. The number of primary amides is 1. The number of aromatic amines is 1. The number of carbonyl (C=O) groups is 1. The van der Waals surface area contributed by atoms with Gasteiger partial charge in [0.1, 0.15) is 11.4 Å². The molecule has 1 heterocycles. The van der Waals surface area contributed by atoms with Crippen LogP contribution in [0.15, 0.2) is 18.2 Å². The number of rotatable bonds is 1. The summed E-state index contributed by atoms with van der Waals surface area (Å²) in [4.78, 5) is 11.2. The van der Waals surface area contributed by atoms with Crippen LogP contribution < -0.4 is 5.73 Å². The minimum Gasteiger partial charge on any atom is -0.508 e. The van der Waals surface area contributed by atoms with Gasteiger partial charge in [-0.15, -0.1) is 0 Å². The average molecular weight is 229 g/mol. The Morgan fingerprint density at radius 2 is 2.24 bits per heavy atom. The molecule has 17 heavy (non-hydrogen) atoms. The smallest absolute Gasteiger partial charge is 0.267 e. The number of hydrogen-bond acceptors (Lipinski definition) is 3. The van der Waals surface area contributed by atoms with Crippen LogP contribution in [0.3, 0.4) is 0 Å². The highest BCUT2D eigenvalue weighted by molar-refractivity contribution is 5.94. The molecule has 0 radical (unpaired) electrons. The van der Waals surface area contributed by atoms with Gasteiger partial charge in [0.25, 0.3) is 5.91 Å². The van der Waals surface area contributed by atoms with E-state index in [0.29, 0.717) is 12.1 Å². The predicted octanol–water partition coefficient (Wildman–Crippen LogP) is 0.980. The lowest BCUT2D eigenvalue weighted by Crippen LogP contribution is -2.15. The van der Waals surface area contributed by atoms with E-state index in [4.69, 9.17) is 5.73 Å². The standard InChI is InChI=1S/C12H11N3O2/c13-12(17)11-9-3-1-6-5-7(16)2-4-8(6)10(9)14-15-11/h2,4-5,16H,1,3H2,(H2,13,17)(H,14,15). The van der Waals surface area contributed by atoms with Crippen LogP contribution in [-0.2, 0) is 12.8 Å². The third kappa shape index (κ3) is 1.39. The number of carbonyl (C=O) groups excluding carboxylic acids is 1. The first kappa shape index (κ1) is 9.89. The Bertz CT molecular complexity index is 616. The molecule has 0 atom stereocenters. The molecule has 5 heteroatoms. The fourth-order valence-electron chi connectivity index (χ4n) is 2.31. The van der Waals surface area contributed by atoms with Crippen molar-refractivity contribution in [3.63, 3.8) is 0 Å². The van der Waals surface area contributed by atoms with Crippen LogP contribution >= 0.6 is 0 Å². The molecule has 0 aliphatic heterocycles. The van der Waals surface area contributed by atoms with E-state index in [0.717, 1.165) is 28.8 Å². The number of aromatic nitrogens is 2. The highest BCUT2D eigenvalue weighted by Crippen LogP contribution is 2.34. The Balaban J connectivity index is 2.21. The van der Waals surface area contributed by atoms with E-state index in [1.165, 1.54) is 0 Å². The molecule has 1 aromatic heterocycles. The molecule has 0 saturated heterocycles. The molecule has 1 amide bonds. The van der Waals surface area contributed by atoms with Gasteiger partial charge < -0.3 is 10.8 Å². The maximum Gasteiger partial charge on any atom is 0.267 e. The number of nitrogens with zero attached hydrogens (tertiary/aromatic N) is 1. The summed E-state index contributed by atoms with van der Waals surface area (Å²) in [5.41, 5.74) is 9.29. The van der Waals surface area contributed by atoms with Crippen LogP contribution in [0.25, 0.3) is 11.3 Å². The number of phenolic OH excluding ortho intramolecular Hbond substituents is 1. The van der Waals surface area contributed by atoms with Crippen molar-refractivity contribution in [3.8, 4) is 17.0 Å². The highest BCUT2D eigenvalue weighted by atomic mass is 16.3. The summed E-state index contributed by atoms with van der Waals surface area (Å²) in [6, 6.07) is 5.16. The molecule has 1 aromatic carbocycles. The number of nitrogens with one attached hydrogen (secondary N) is 1. The van der Waals surface area contributed by atoms with E-state index in [2.05, 4.69) is 10.2 Å². The van der Waals surface area contributed by atoms with Crippen LogP contribution in [0.4, 0.5) is 0 Å². The van der Waals surface area contributed by atoms with E-state index >= 15 is 0 Å². The molecule has 0 bridgehead atoms. The summed E-state index contributed by atoms with van der Waals surface area (Å²) >= 11 is 0. The molecule has 0 saturated carbocycles. The molecular formula is C12H11N3O2. The summed E-state index contributed by atoms with van der Waals surface area (Å²) in [5.74, 6) is -0.237. The molecule has 2 aromatic rings. The number of aryl methyl sites for hydroxylation is 1. The van der Waals surface area contributed by atoms with Gasteiger partial charge in [-0.25, -0.2) is 0 Å². The first-order chi connectivity index (χ1) is 8.16. The lowest BCUT2D eigenvalue weighted by Gasteiger charge is -2.15. The number of amides is 1. The van der Waals surface area contributed by atoms with Crippen molar-refractivity contribution in [2.75, 3.05) is 0 Å². The molecule has 0 unspecified atom stereocenters. The number of H-pyrrole nitrogens is 1. The minimum absolute atomic E-state index is 0.248. The molecule has 1 aliphatic rings. The summed E-state index contributed by atoms with van der Waals surface area (Å²) in [5, 5.41) is 16.3. The fourth-order valence-corrected chi connectivity index (χ4v) is 2.31. The molecule has 0 fully saturated rings. The Morgan fingerprint density at radius 3 is 3.00 bits per heavy atom. The van der Waals surface area contributed by atoms with Crippen LogP contribution in [0.2, 0.25) is 0 Å². The third-order valence-corrected chi connectivity index (χ3v) is 3.10. The van der Waals surface area contributed by atoms with Crippen molar-refractivity contribution >= 4 is 5.91 Å². The Hall–Kier alpha value is -2.30. The van der Waals surface area contributed by atoms with E-state index in [1.807, 2.05) is 6.07 Å². The molecule has 3 rings (SSSR count). The van der Waals surface area contributed by atoms with Crippen molar-refractivity contribution in [2.24, 2.45) is 5.73 Å². The first-order valence-corrected chi connectivity index (χ1v) is 5.36. The maximum absolute atomic E-state index is 11.2. The second kappa shape index (κ2) is 3.35. The summed E-state index contributed by atoms with van der Waals surface area (Å²) < 4.78 is 0. The Labute approximate surface area is 97.3 Å². The van der Waals surface area contributed by atoms with Gasteiger partial charge in [-0.1, -0.05) is 0 Å². The van der Waals surface area contributed by atoms with Gasteiger partial charge in [-0.3, -0.25) is 9.89 Å². The predicted molar refractivity (Wildman–Crippen MR) is 61.6 cm³/mol. The Morgan fingerprint density at radius 1 is 1.41 bits per heavy atom. The highest BCUT2D eigenvalue weighted by Gasteiger charge is 2.24. The Kier molecular flexibility index (Phi) is 1.95. The van der Waals surface area contributed by atoms with Gasteiger partial charge in [0.15, 0.2) is 0 Å². The maximum atomic E-state index is 11.2. The van der Waals surface area contributed by atoms with Crippen LogP contribution in [0, 0.1) is 0 Å². The van der Waals surface area contributed by atoms with E-state index < -0.39 is 5.91 Å². The summed E-state index contributed by atoms with van der Waals surface area (Å²) in [6.45, 7) is 0. The second-order valence-corrected chi connectivity index (χ2v) is 4.13. The van der Waals surface area contributed by atoms with Crippen LogP contribution in [0.5, 0.6) is 5.75 Å². The molecular weight excluding hydrogens is 218 g/mol. The molecule has 5 nitrogen and oxygen atoms in total. The summed E-state index contributed by atoms with van der Waals surface area (Å²) in [7, 11) is 0. The minimum atomic E-state index is -0.485. The summed E-state index contributed by atoms with van der Waals surface area (Å²) in [6.07, 6.45) is 1.48. The van der Waals surface area contributed by atoms with Gasteiger partial charge in [-0.2, -0.15) is 5.10 Å². The molecule has 0 spiro atoms. The van der Waals surface area contributed by atoms with Crippen molar-refractivity contribution in [3.05, 3.63) is 35.0 Å². The second-order valence-electron chi connectivity index (χ2n) is 4.13. The number of phenols is 1. The zero-order chi connectivity index (χ0) is 12.0. The molecule has 4 N–H and O–H groups in total. The zero-order valence-electron chi connectivity index (χ0n) is 9.03. The SMILES string of the molecule is NC(=O)c1[nH]nc2c1CCc1cc(O)ccc1-2. The zero-order valence-corrected chi connectivity index (χ0v) is 9.03. The van der Waals surface area contributed by atoms with Gasteiger partial charge >= 0.3 is 0 Å². The topological polar surface area (TPSA) is 92.0 Å². The first-order valence-electron chi connectivity index (χ1n) is 5.36. The largest absolute Gasteiger partial charge is 0.508 e. The van der Waals surface area contributed by atoms with Gasteiger partial charge in [0.2, 0.25) is 0 Å². The number of aromatic hydroxyl groups is 1. The third-order valence-electron chi connectivity index (χ3n) is 3.10. The van der Waals surface area contributed by atoms with Gasteiger partial charge in [-0.05, 0) is 36.6 Å². The fraction of sp³-hybridized carbons (Fsp3) is 0.167. The lowest BCUT2D eigenvalue weighted by molar-refractivity contribution is 0.0994. The average Bonchev–Trinajstić information content (AvgIpc) is 2.72. The van der Waals surface area contributed by atoms with Crippen molar-refractivity contribution in [1.82, 2.24) is 10.2 Å². The molecule has 86 valence electrons. The van der Waals surface area contributed by atoms with Gasteiger partial charge in [0, 0.05) is 11.1 Å². The van der Waals surface area contributed by atoms with Gasteiger partial charge in [0.05, 0.1) is 5.69 Å². The van der Waals surface area contributed by atoms with E-state index in [1.54, 1.807) is 12.1 Å². The lowest BCUT2D eigenvalue weighted by atomic mass is 9.89. The normalized spacial score (nSPS) is 12.9. The van der Waals surface area contributed by atoms with Crippen LogP contribution in [0.1, 0.15) is 21.6 Å². The van der Waals surface area contributed by atoms with Crippen molar-refractivity contribution in [1.29, 1.82) is 0 Å². The number of benzene rings is 1. The monoisotopic (exact) mass is 229 g/mol. The van der Waals surface area contributed by atoms with E-state index in [-0.39, 0.29) is 5.75 Å². The van der Waals surface area contributed by atoms with Crippen molar-refractivity contribution in [2.45, 2.75) is 12.8 Å². The number of hydrogen-bond donors (Lipinski definition) is 3. The number of fused-ring (bicyclic) bond motifs is 3. The number of nitrogens with two attached hydrogens (primary N) is 1. The van der Waals surface area contributed by atoms with E-state index in [9.17, 15) is 9.90 Å². The van der Waals surface area contributed by atoms with Crippen LogP contribution in [-0.4, -0.2) is 21.2 Å². The quantitative estimate of drug-likeness (QED) is 0.680. The van der Waals surface area contributed by atoms with Crippen molar-refractivity contribution < 1.29 is 9.90 Å².